The maximum atomic E-state index is 12.0. The number of rotatable bonds is 6. The minimum atomic E-state index is -1.74. The average Bonchev–Trinajstić information content (AvgIpc) is 2.30. The molecular formula is C14H19NO4S. The van der Waals surface area contributed by atoms with Crippen molar-refractivity contribution >= 4 is 28.4 Å². The number of carbonyl (C=O) groups excluding carboxylic acids is 1. The minimum absolute atomic E-state index is 0.292. The maximum Gasteiger partial charge on any atom is 0.319 e. The van der Waals surface area contributed by atoms with Crippen LogP contribution in [0.15, 0.2) is 24.3 Å². The summed E-state index contributed by atoms with van der Waals surface area (Å²) in [5.41, 5.74) is 1.54. The molecule has 1 rings (SSSR count). The van der Waals surface area contributed by atoms with Gasteiger partial charge in [-0.3, -0.25) is 13.8 Å². The van der Waals surface area contributed by atoms with Gasteiger partial charge in [-0.25, -0.2) is 0 Å². The van der Waals surface area contributed by atoms with Gasteiger partial charge in [-0.2, -0.15) is 0 Å². The van der Waals surface area contributed by atoms with Gasteiger partial charge in [-0.05, 0) is 24.5 Å². The highest BCUT2D eigenvalue weighted by Crippen LogP contribution is 2.14. The third kappa shape index (κ3) is 4.45. The molecule has 1 aromatic carbocycles. The first-order chi connectivity index (χ1) is 9.32. The Balaban J connectivity index is 2.69. The highest BCUT2D eigenvalue weighted by Gasteiger charge is 2.29. The predicted octanol–water partition coefficient (Wildman–Crippen LogP) is 1.79. The summed E-state index contributed by atoms with van der Waals surface area (Å²) in [6, 6.07) is 7.23. The summed E-state index contributed by atoms with van der Waals surface area (Å²) in [5.74, 6) is -2.19. The molecule has 0 fully saturated rings. The Morgan fingerprint density at radius 2 is 1.90 bits per heavy atom. The Labute approximate surface area is 120 Å². The van der Waals surface area contributed by atoms with Crippen molar-refractivity contribution in [3.63, 3.8) is 0 Å². The Bertz CT molecular complexity index is 528. The number of anilines is 1. The predicted molar refractivity (Wildman–Crippen MR) is 79.1 cm³/mol. The van der Waals surface area contributed by atoms with E-state index in [1.165, 1.54) is 0 Å². The Hall–Kier alpha value is -1.69. The van der Waals surface area contributed by atoms with Gasteiger partial charge in [0.2, 0.25) is 5.91 Å². The van der Waals surface area contributed by atoms with Gasteiger partial charge in [-0.15, -0.1) is 0 Å². The number of carboxylic acids is 1. The van der Waals surface area contributed by atoms with Crippen LogP contribution in [0.1, 0.15) is 19.4 Å². The van der Waals surface area contributed by atoms with Gasteiger partial charge < -0.3 is 10.4 Å². The molecule has 2 atom stereocenters. The molecular weight excluding hydrogens is 278 g/mol. The third-order valence-electron chi connectivity index (χ3n) is 2.82. The topological polar surface area (TPSA) is 83.5 Å². The number of nitrogens with one attached hydrogen (secondary N) is 1. The summed E-state index contributed by atoms with van der Waals surface area (Å²) in [5, 5.41) is 10.7. The number of aryl methyl sites for hydroxylation is 1. The van der Waals surface area contributed by atoms with E-state index >= 15 is 0 Å². The summed E-state index contributed by atoms with van der Waals surface area (Å²) in [6.07, 6.45) is 0. The standard InChI is InChI=1S/C14H19NO4S/c1-9(2)13(14(17)18)20(19)8-12(16)15-11-7-5-4-6-10(11)3/h4-7,9,13H,8H2,1-3H3,(H,15,16)(H,17,18). The molecule has 0 bridgehead atoms. The third-order valence-corrected chi connectivity index (χ3v) is 4.68. The van der Waals surface area contributed by atoms with Crippen molar-refractivity contribution in [2.45, 2.75) is 26.0 Å². The molecule has 0 spiro atoms. The van der Waals surface area contributed by atoms with E-state index in [0.29, 0.717) is 5.69 Å². The van der Waals surface area contributed by atoms with Crippen LogP contribution in [0.25, 0.3) is 0 Å². The van der Waals surface area contributed by atoms with Crippen molar-refractivity contribution in [3.8, 4) is 0 Å². The van der Waals surface area contributed by atoms with Crippen LogP contribution < -0.4 is 5.32 Å². The molecule has 1 amide bonds. The fourth-order valence-electron chi connectivity index (χ4n) is 1.82. The molecule has 20 heavy (non-hydrogen) atoms. The number of hydrogen-bond acceptors (Lipinski definition) is 3. The minimum Gasteiger partial charge on any atom is -0.480 e. The SMILES string of the molecule is Cc1ccccc1NC(=O)CS(=O)C(C(=O)O)C(C)C. The summed E-state index contributed by atoms with van der Waals surface area (Å²) in [6.45, 7) is 5.20. The van der Waals surface area contributed by atoms with E-state index in [-0.39, 0.29) is 11.7 Å². The molecule has 0 aliphatic carbocycles. The second kappa shape index (κ2) is 7.19. The van der Waals surface area contributed by atoms with E-state index in [1.54, 1.807) is 26.0 Å². The van der Waals surface area contributed by atoms with Crippen LogP contribution in [0.2, 0.25) is 0 Å². The fraction of sp³-hybridized carbons (Fsp3) is 0.429. The monoisotopic (exact) mass is 297 g/mol. The molecule has 110 valence electrons. The van der Waals surface area contributed by atoms with Crippen LogP contribution in [-0.4, -0.2) is 32.2 Å². The van der Waals surface area contributed by atoms with Gasteiger partial charge in [0, 0.05) is 16.5 Å². The van der Waals surface area contributed by atoms with Gasteiger partial charge in [-0.1, -0.05) is 32.0 Å². The second-order valence-electron chi connectivity index (χ2n) is 4.89. The van der Waals surface area contributed by atoms with Crippen molar-refractivity contribution in [3.05, 3.63) is 29.8 Å². The number of aliphatic carboxylic acids is 1. The van der Waals surface area contributed by atoms with Gasteiger partial charge in [0.25, 0.3) is 0 Å². The lowest BCUT2D eigenvalue weighted by molar-refractivity contribution is -0.137. The highest BCUT2D eigenvalue weighted by molar-refractivity contribution is 7.87. The zero-order chi connectivity index (χ0) is 15.3. The van der Waals surface area contributed by atoms with E-state index in [1.807, 2.05) is 19.1 Å². The largest absolute Gasteiger partial charge is 0.480 e. The van der Waals surface area contributed by atoms with Crippen molar-refractivity contribution in [2.75, 3.05) is 11.1 Å². The number of hydrogen-bond donors (Lipinski definition) is 2. The average molecular weight is 297 g/mol. The maximum absolute atomic E-state index is 12.0. The Morgan fingerprint density at radius 1 is 1.30 bits per heavy atom. The fourth-order valence-corrected chi connectivity index (χ4v) is 3.16. The van der Waals surface area contributed by atoms with E-state index in [9.17, 15) is 13.8 Å². The lowest BCUT2D eigenvalue weighted by Gasteiger charge is -2.15. The molecule has 0 aromatic heterocycles. The molecule has 0 saturated heterocycles. The molecule has 0 aliphatic heterocycles. The van der Waals surface area contributed by atoms with Gasteiger partial charge >= 0.3 is 5.97 Å². The quantitative estimate of drug-likeness (QED) is 0.838. The Morgan fingerprint density at radius 3 is 2.40 bits per heavy atom. The lowest BCUT2D eigenvalue weighted by Crippen LogP contribution is -2.35. The van der Waals surface area contributed by atoms with Crippen LogP contribution in [0.5, 0.6) is 0 Å². The number of para-hydroxylation sites is 1. The Kier molecular flexibility index (Phi) is 5.88. The second-order valence-corrected chi connectivity index (χ2v) is 6.45. The number of amides is 1. The molecule has 0 aliphatic rings. The van der Waals surface area contributed by atoms with Crippen molar-refractivity contribution < 1.29 is 18.9 Å². The summed E-state index contributed by atoms with van der Waals surface area (Å²) in [7, 11) is -1.74. The lowest BCUT2D eigenvalue weighted by atomic mass is 10.1. The summed E-state index contributed by atoms with van der Waals surface area (Å²) in [4.78, 5) is 22.9. The van der Waals surface area contributed by atoms with Crippen LogP contribution >= 0.6 is 0 Å². The smallest absolute Gasteiger partial charge is 0.319 e. The molecule has 2 unspecified atom stereocenters. The van der Waals surface area contributed by atoms with Crippen LogP contribution in [0, 0.1) is 12.8 Å². The van der Waals surface area contributed by atoms with Crippen LogP contribution in [0.3, 0.4) is 0 Å². The first kappa shape index (κ1) is 16.4. The molecule has 0 heterocycles. The van der Waals surface area contributed by atoms with Crippen molar-refractivity contribution in [2.24, 2.45) is 5.92 Å². The number of carbonyl (C=O) groups is 2. The van der Waals surface area contributed by atoms with E-state index < -0.39 is 27.9 Å². The summed E-state index contributed by atoms with van der Waals surface area (Å²) < 4.78 is 12.0. The zero-order valence-electron chi connectivity index (χ0n) is 11.8. The van der Waals surface area contributed by atoms with Crippen LogP contribution in [-0.2, 0) is 20.4 Å². The molecule has 5 nitrogen and oxygen atoms in total. The van der Waals surface area contributed by atoms with E-state index in [0.717, 1.165) is 5.56 Å². The van der Waals surface area contributed by atoms with Gasteiger partial charge in [0.05, 0.1) is 0 Å². The molecule has 0 saturated carbocycles. The van der Waals surface area contributed by atoms with E-state index in [4.69, 9.17) is 5.11 Å². The van der Waals surface area contributed by atoms with Crippen molar-refractivity contribution in [1.82, 2.24) is 0 Å². The van der Waals surface area contributed by atoms with E-state index in [2.05, 4.69) is 5.32 Å². The van der Waals surface area contributed by atoms with Gasteiger partial charge in [0.15, 0.2) is 0 Å². The molecule has 6 heteroatoms. The van der Waals surface area contributed by atoms with Crippen molar-refractivity contribution in [1.29, 1.82) is 0 Å². The molecule has 0 radical (unpaired) electrons. The van der Waals surface area contributed by atoms with Crippen LogP contribution in [0.4, 0.5) is 5.69 Å². The highest BCUT2D eigenvalue weighted by atomic mass is 32.2. The number of carboxylic acid groups (broad SMARTS) is 1. The zero-order valence-corrected chi connectivity index (χ0v) is 12.6. The normalized spacial score (nSPS) is 13.8. The molecule has 2 N–H and O–H groups in total. The first-order valence-corrected chi connectivity index (χ1v) is 7.66. The summed E-state index contributed by atoms with van der Waals surface area (Å²) >= 11 is 0. The van der Waals surface area contributed by atoms with Gasteiger partial charge in [0.1, 0.15) is 11.0 Å². The first-order valence-electron chi connectivity index (χ1n) is 6.28. The molecule has 1 aromatic rings. The number of benzene rings is 1.